The number of nitrogens with one attached hydrogen (secondary N) is 1. The van der Waals surface area contributed by atoms with Crippen molar-refractivity contribution in [3.05, 3.63) is 101 Å². The third-order valence-corrected chi connectivity index (χ3v) is 8.70. The Morgan fingerprint density at radius 1 is 1.10 bits per heavy atom. The Morgan fingerprint density at radius 3 is 2.60 bits per heavy atom. The molecule has 2 aliphatic rings. The van der Waals surface area contributed by atoms with Crippen molar-refractivity contribution in [3.8, 4) is 28.7 Å². The second kappa shape index (κ2) is 12.6. The van der Waals surface area contributed by atoms with Gasteiger partial charge in [-0.1, -0.05) is 38.1 Å². The van der Waals surface area contributed by atoms with Gasteiger partial charge in [-0.3, -0.25) is 9.69 Å². The molecule has 0 radical (unpaired) electrons. The number of carbonyl (C=O) groups is 2. The number of anilines is 1. The molecule has 0 spiro atoms. The van der Waals surface area contributed by atoms with Crippen LogP contribution in [0.25, 0.3) is 33.7 Å². The van der Waals surface area contributed by atoms with Crippen molar-refractivity contribution >= 4 is 28.9 Å². The van der Waals surface area contributed by atoms with Gasteiger partial charge in [0.1, 0.15) is 29.8 Å². The first-order valence-corrected chi connectivity index (χ1v) is 15.7. The van der Waals surface area contributed by atoms with Gasteiger partial charge in [0.25, 0.3) is 5.91 Å². The minimum absolute atomic E-state index is 0.138. The van der Waals surface area contributed by atoms with Gasteiger partial charge in [0, 0.05) is 28.5 Å². The summed E-state index contributed by atoms with van der Waals surface area (Å²) in [6, 6.07) is 24.3. The number of pyridine rings is 1. The first-order chi connectivity index (χ1) is 23.2. The highest BCUT2D eigenvalue weighted by molar-refractivity contribution is 5.95. The summed E-state index contributed by atoms with van der Waals surface area (Å²) in [6.45, 7) is 7.17. The summed E-state index contributed by atoms with van der Waals surface area (Å²) < 4.78 is 23.0. The van der Waals surface area contributed by atoms with E-state index in [1.165, 1.54) is 4.90 Å². The van der Waals surface area contributed by atoms with E-state index in [2.05, 4.69) is 21.4 Å². The molecule has 2 atom stereocenters. The molecule has 5 aromatic rings. The van der Waals surface area contributed by atoms with Crippen LogP contribution in [0.2, 0.25) is 0 Å². The standard InChI is InChI=1S/C37H33N5O6/c1-22(2)29-14-23(16-38)15-31-33(29)48-35(41-31)25-10-8-24(9-11-25)34(43)40-18-27-19-42(36(44)47-27)32-13-12-26(17-39-32)28-6-4-5-7-30(28)37(3)20-45-21-46-37/h4-15,17,22,27H,18-21H2,1-3H3,(H,40,43). The molecule has 2 aromatic heterocycles. The molecule has 7 rings (SSSR count). The summed E-state index contributed by atoms with van der Waals surface area (Å²) in [5, 5.41) is 12.3. The predicted molar refractivity (Wildman–Crippen MR) is 177 cm³/mol. The van der Waals surface area contributed by atoms with Crippen molar-refractivity contribution in [3.63, 3.8) is 0 Å². The van der Waals surface area contributed by atoms with E-state index in [1.807, 2.05) is 57.2 Å². The first kappa shape index (κ1) is 31.1. The molecule has 2 fully saturated rings. The lowest BCUT2D eigenvalue weighted by molar-refractivity contribution is -0.000139. The van der Waals surface area contributed by atoms with Gasteiger partial charge >= 0.3 is 6.09 Å². The zero-order valence-corrected chi connectivity index (χ0v) is 26.7. The number of aromatic nitrogens is 2. The average molecular weight is 644 g/mol. The molecule has 0 bridgehead atoms. The summed E-state index contributed by atoms with van der Waals surface area (Å²) in [6.07, 6.45) is 0.660. The van der Waals surface area contributed by atoms with E-state index in [1.54, 1.807) is 42.6 Å². The molecule has 11 heteroatoms. The lowest BCUT2D eigenvalue weighted by Crippen LogP contribution is -2.34. The van der Waals surface area contributed by atoms with Gasteiger partial charge in [0.15, 0.2) is 5.58 Å². The molecule has 1 N–H and O–H groups in total. The fourth-order valence-corrected chi connectivity index (χ4v) is 6.07. The Morgan fingerprint density at radius 2 is 1.90 bits per heavy atom. The number of benzene rings is 3. The summed E-state index contributed by atoms with van der Waals surface area (Å²) >= 11 is 0. The minimum atomic E-state index is -0.554. The smallest absolute Gasteiger partial charge is 0.416 e. The van der Waals surface area contributed by atoms with Crippen LogP contribution in [0.15, 0.2) is 83.4 Å². The van der Waals surface area contributed by atoms with E-state index in [9.17, 15) is 14.9 Å². The number of rotatable bonds is 8. The SMILES string of the molecule is CC(C)c1cc(C#N)cc2nc(-c3ccc(C(=O)NCC4CN(c5ccc(-c6ccccc6C6(C)COCO6)cn5)C(=O)O4)cc3)oc12. The quantitative estimate of drug-likeness (QED) is 0.200. The van der Waals surface area contributed by atoms with Crippen LogP contribution in [0, 0.1) is 11.3 Å². The van der Waals surface area contributed by atoms with Gasteiger partial charge < -0.3 is 23.9 Å². The van der Waals surface area contributed by atoms with E-state index in [4.69, 9.17) is 18.6 Å². The molecule has 0 saturated carbocycles. The Balaban J connectivity index is 0.982. The fraction of sp³-hybridized carbons (Fsp3) is 0.270. The van der Waals surface area contributed by atoms with Gasteiger partial charge in [-0.25, -0.2) is 14.8 Å². The maximum absolute atomic E-state index is 13.0. The first-order valence-electron chi connectivity index (χ1n) is 15.7. The molecular formula is C37H33N5O6. The summed E-state index contributed by atoms with van der Waals surface area (Å²) in [5.74, 6) is 0.715. The van der Waals surface area contributed by atoms with Crippen molar-refractivity contribution in [2.75, 3.05) is 31.4 Å². The Kier molecular flexibility index (Phi) is 8.12. The van der Waals surface area contributed by atoms with Crippen LogP contribution in [0.3, 0.4) is 0 Å². The second-order valence-electron chi connectivity index (χ2n) is 12.4. The van der Waals surface area contributed by atoms with E-state index in [-0.39, 0.29) is 31.7 Å². The van der Waals surface area contributed by atoms with Crippen LogP contribution in [0.4, 0.5) is 10.6 Å². The van der Waals surface area contributed by atoms with Crippen molar-refractivity contribution in [1.29, 1.82) is 5.26 Å². The monoisotopic (exact) mass is 643 g/mol. The maximum atomic E-state index is 13.0. The topological polar surface area (TPSA) is 140 Å². The van der Waals surface area contributed by atoms with E-state index < -0.39 is 17.8 Å². The number of nitrogens with zero attached hydrogens (tertiary/aromatic N) is 4. The van der Waals surface area contributed by atoms with Gasteiger partial charge in [-0.2, -0.15) is 5.26 Å². The number of fused-ring (bicyclic) bond motifs is 1. The number of oxazole rings is 1. The molecule has 11 nitrogen and oxygen atoms in total. The molecular weight excluding hydrogens is 610 g/mol. The van der Waals surface area contributed by atoms with E-state index in [0.29, 0.717) is 46.1 Å². The summed E-state index contributed by atoms with van der Waals surface area (Å²) in [7, 11) is 0. The lowest BCUT2D eigenvalue weighted by atomic mass is 9.89. The number of ether oxygens (including phenoxy) is 3. The lowest BCUT2D eigenvalue weighted by Gasteiger charge is -2.24. The summed E-state index contributed by atoms with van der Waals surface area (Å²) in [5.41, 5.74) is 6.16. The second-order valence-corrected chi connectivity index (χ2v) is 12.4. The number of cyclic esters (lactones) is 1. The molecule has 3 aromatic carbocycles. The van der Waals surface area contributed by atoms with Crippen LogP contribution < -0.4 is 10.2 Å². The van der Waals surface area contributed by atoms with Crippen molar-refractivity contribution in [2.45, 2.75) is 38.4 Å². The molecule has 2 amide bonds. The van der Waals surface area contributed by atoms with Crippen molar-refractivity contribution in [2.24, 2.45) is 0 Å². The number of carbonyl (C=O) groups excluding carboxylic acids is 2. The van der Waals surface area contributed by atoms with Crippen molar-refractivity contribution < 1.29 is 28.2 Å². The number of hydrogen-bond acceptors (Lipinski definition) is 9. The van der Waals surface area contributed by atoms with E-state index >= 15 is 0 Å². The Hall–Kier alpha value is -5.57. The maximum Gasteiger partial charge on any atom is 0.416 e. The highest BCUT2D eigenvalue weighted by Crippen LogP contribution is 2.37. The van der Waals surface area contributed by atoms with Crippen LogP contribution >= 0.6 is 0 Å². The molecule has 4 heterocycles. The van der Waals surface area contributed by atoms with Crippen LogP contribution in [0.5, 0.6) is 0 Å². The molecule has 0 aliphatic carbocycles. The highest BCUT2D eigenvalue weighted by atomic mass is 16.7. The molecule has 242 valence electrons. The number of amides is 2. The van der Waals surface area contributed by atoms with Gasteiger partial charge in [0.2, 0.25) is 5.89 Å². The normalized spacial score (nSPS) is 19.1. The fourth-order valence-electron chi connectivity index (χ4n) is 6.07. The Bertz CT molecular complexity index is 2040. The van der Waals surface area contributed by atoms with Gasteiger partial charge in [-0.05, 0) is 72.5 Å². The Labute approximate surface area is 277 Å². The van der Waals surface area contributed by atoms with Crippen LogP contribution in [0.1, 0.15) is 53.7 Å². The van der Waals surface area contributed by atoms with Gasteiger partial charge in [-0.15, -0.1) is 0 Å². The van der Waals surface area contributed by atoms with Crippen LogP contribution in [-0.4, -0.2) is 54.6 Å². The number of nitriles is 1. The average Bonchev–Trinajstić information content (AvgIpc) is 3.85. The van der Waals surface area contributed by atoms with E-state index in [0.717, 1.165) is 22.3 Å². The molecule has 2 aliphatic heterocycles. The zero-order chi connectivity index (χ0) is 33.4. The largest absolute Gasteiger partial charge is 0.442 e. The van der Waals surface area contributed by atoms with Crippen molar-refractivity contribution in [1.82, 2.24) is 15.3 Å². The third kappa shape index (κ3) is 5.88. The predicted octanol–water partition coefficient (Wildman–Crippen LogP) is 6.53. The molecule has 2 saturated heterocycles. The van der Waals surface area contributed by atoms with Crippen LogP contribution in [-0.2, 0) is 19.8 Å². The molecule has 48 heavy (non-hydrogen) atoms. The zero-order valence-electron chi connectivity index (χ0n) is 26.7. The summed E-state index contributed by atoms with van der Waals surface area (Å²) in [4.78, 5) is 36.3. The molecule has 2 unspecified atom stereocenters. The number of hydrogen-bond donors (Lipinski definition) is 1. The minimum Gasteiger partial charge on any atom is -0.442 e. The third-order valence-electron chi connectivity index (χ3n) is 8.70. The van der Waals surface area contributed by atoms with Gasteiger partial charge in [0.05, 0.1) is 31.3 Å². The highest BCUT2D eigenvalue weighted by Gasteiger charge is 2.36.